The molecule has 1 rings (SSSR count). The van der Waals surface area contributed by atoms with E-state index in [1.54, 1.807) is 0 Å². The molecule has 0 aliphatic carbocycles. The fourth-order valence-electron chi connectivity index (χ4n) is 1.50. The highest BCUT2D eigenvalue weighted by molar-refractivity contribution is 6.20. The Morgan fingerprint density at radius 3 is 2.36 bits per heavy atom. The van der Waals surface area contributed by atoms with Gasteiger partial charge in [0.1, 0.15) is 5.82 Å². The highest BCUT2D eigenvalue weighted by Crippen LogP contribution is 2.11. The van der Waals surface area contributed by atoms with Gasteiger partial charge >= 0.3 is 0 Å². The van der Waals surface area contributed by atoms with Crippen LogP contribution in [0.3, 0.4) is 0 Å². The van der Waals surface area contributed by atoms with Crippen molar-refractivity contribution in [2.75, 3.05) is 0 Å². The summed E-state index contributed by atoms with van der Waals surface area (Å²) in [5.41, 5.74) is 2.04. The largest absolute Gasteiger partial charge is 0.238 e. The minimum atomic E-state index is 0.168. The van der Waals surface area contributed by atoms with E-state index < -0.39 is 0 Å². The molecule has 0 aromatic carbocycles. The van der Waals surface area contributed by atoms with E-state index in [-0.39, 0.29) is 5.38 Å². The standard InChI is InChI=1S/C11H17ClN2/c1-4-5-10(12)7-11-13-8(2)6-9(3)14-11/h6,10H,4-5,7H2,1-3H3. The fourth-order valence-corrected chi connectivity index (χ4v) is 1.86. The van der Waals surface area contributed by atoms with Crippen LogP contribution in [0.4, 0.5) is 0 Å². The van der Waals surface area contributed by atoms with Crippen LogP contribution in [0.5, 0.6) is 0 Å². The van der Waals surface area contributed by atoms with E-state index in [1.807, 2.05) is 19.9 Å². The van der Waals surface area contributed by atoms with Crippen molar-refractivity contribution in [3.05, 3.63) is 23.3 Å². The maximum atomic E-state index is 6.14. The first kappa shape index (κ1) is 11.4. The van der Waals surface area contributed by atoms with E-state index >= 15 is 0 Å². The fraction of sp³-hybridized carbons (Fsp3) is 0.636. The molecule has 0 saturated carbocycles. The molecule has 1 aromatic rings. The van der Waals surface area contributed by atoms with Crippen LogP contribution in [0.1, 0.15) is 37.0 Å². The van der Waals surface area contributed by atoms with Gasteiger partial charge in [0, 0.05) is 23.2 Å². The summed E-state index contributed by atoms with van der Waals surface area (Å²) in [7, 11) is 0. The molecular formula is C11H17ClN2. The summed E-state index contributed by atoms with van der Waals surface area (Å²) in [5.74, 6) is 0.871. The third kappa shape index (κ3) is 3.62. The monoisotopic (exact) mass is 212 g/mol. The molecule has 0 amide bonds. The number of aromatic nitrogens is 2. The lowest BCUT2D eigenvalue weighted by Gasteiger charge is -2.07. The molecule has 1 aromatic heterocycles. The van der Waals surface area contributed by atoms with Crippen molar-refractivity contribution in [2.24, 2.45) is 0 Å². The zero-order valence-corrected chi connectivity index (χ0v) is 9.80. The van der Waals surface area contributed by atoms with Gasteiger partial charge in [-0.05, 0) is 26.3 Å². The average Bonchev–Trinajstić information content (AvgIpc) is 2.01. The van der Waals surface area contributed by atoms with Gasteiger partial charge in [-0.2, -0.15) is 0 Å². The van der Waals surface area contributed by atoms with Crippen LogP contribution in [0.25, 0.3) is 0 Å². The second-order valence-corrected chi connectivity index (χ2v) is 4.27. The number of aryl methyl sites for hydroxylation is 2. The topological polar surface area (TPSA) is 25.8 Å². The van der Waals surface area contributed by atoms with E-state index in [0.29, 0.717) is 0 Å². The molecule has 0 bridgehead atoms. The summed E-state index contributed by atoms with van der Waals surface area (Å²) in [6.07, 6.45) is 2.91. The molecule has 0 aliphatic heterocycles. The Kier molecular flexibility index (Phi) is 4.33. The lowest BCUT2D eigenvalue weighted by Crippen LogP contribution is -2.08. The Bertz CT molecular complexity index is 279. The van der Waals surface area contributed by atoms with Crippen LogP contribution < -0.4 is 0 Å². The predicted molar refractivity (Wildman–Crippen MR) is 59.8 cm³/mol. The van der Waals surface area contributed by atoms with Crippen molar-refractivity contribution >= 4 is 11.6 Å². The van der Waals surface area contributed by atoms with E-state index in [1.165, 1.54) is 0 Å². The van der Waals surface area contributed by atoms with Gasteiger partial charge in [0.15, 0.2) is 0 Å². The Hall–Kier alpha value is -0.630. The predicted octanol–water partition coefficient (Wildman–Crippen LogP) is 3.04. The molecule has 3 heteroatoms. The van der Waals surface area contributed by atoms with Crippen LogP contribution in [0, 0.1) is 13.8 Å². The molecule has 2 nitrogen and oxygen atoms in total. The van der Waals surface area contributed by atoms with E-state index in [9.17, 15) is 0 Å². The van der Waals surface area contributed by atoms with Gasteiger partial charge in [-0.1, -0.05) is 13.3 Å². The quantitative estimate of drug-likeness (QED) is 0.717. The van der Waals surface area contributed by atoms with E-state index in [0.717, 1.165) is 36.5 Å². The van der Waals surface area contributed by atoms with Crippen LogP contribution in [-0.2, 0) is 6.42 Å². The van der Waals surface area contributed by atoms with Gasteiger partial charge in [-0.3, -0.25) is 0 Å². The van der Waals surface area contributed by atoms with Gasteiger partial charge < -0.3 is 0 Å². The molecule has 0 spiro atoms. The van der Waals surface area contributed by atoms with Gasteiger partial charge in [-0.15, -0.1) is 11.6 Å². The molecule has 78 valence electrons. The highest BCUT2D eigenvalue weighted by atomic mass is 35.5. The SMILES string of the molecule is CCCC(Cl)Cc1nc(C)cc(C)n1. The molecule has 14 heavy (non-hydrogen) atoms. The summed E-state index contributed by atoms with van der Waals surface area (Å²) in [5, 5.41) is 0.168. The summed E-state index contributed by atoms with van der Waals surface area (Å²) < 4.78 is 0. The second-order valence-electron chi connectivity index (χ2n) is 3.66. The molecule has 0 radical (unpaired) electrons. The first-order valence-electron chi connectivity index (χ1n) is 5.07. The lowest BCUT2D eigenvalue weighted by atomic mass is 10.2. The highest BCUT2D eigenvalue weighted by Gasteiger charge is 2.07. The Labute approximate surface area is 90.7 Å². The molecule has 0 N–H and O–H groups in total. The summed E-state index contributed by atoms with van der Waals surface area (Å²) >= 11 is 6.14. The molecular weight excluding hydrogens is 196 g/mol. The van der Waals surface area contributed by atoms with Crippen LogP contribution in [0.15, 0.2) is 6.07 Å². The molecule has 1 heterocycles. The minimum absolute atomic E-state index is 0.168. The molecule has 0 aliphatic rings. The summed E-state index contributed by atoms with van der Waals surface area (Å²) in [6.45, 7) is 6.11. The third-order valence-corrected chi connectivity index (χ3v) is 2.41. The molecule has 0 saturated heterocycles. The smallest absolute Gasteiger partial charge is 0.130 e. The summed E-state index contributed by atoms with van der Waals surface area (Å²) in [6, 6.07) is 1.98. The lowest BCUT2D eigenvalue weighted by molar-refractivity contribution is 0.697. The van der Waals surface area contributed by atoms with Crippen LogP contribution in [0.2, 0.25) is 0 Å². The van der Waals surface area contributed by atoms with Gasteiger partial charge in [0.05, 0.1) is 0 Å². The Morgan fingerprint density at radius 1 is 1.29 bits per heavy atom. The molecule has 0 fully saturated rings. The molecule has 1 atom stereocenters. The number of halogens is 1. The van der Waals surface area contributed by atoms with Crippen molar-refractivity contribution < 1.29 is 0 Å². The average molecular weight is 213 g/mol. The maximum absolute atomic E-state index is 6.14. The maximum Gasteiger partial charge on any atom is 0.130 e. The van der Waals surface area contributed by atoms with Crippen molar-refractivity contribution in [2.45, 2.75) is 45.4 Å². The van der Waals surface area contributed by atoms with Crippen molar-refractivity contribution in [3.63, 3.8) is 0 Å². The number of hydrogen-bond acceptors (Lipinski definition) is 2. The van der Waals surface area contributed by atoms with Crippen molar-refractivity contribution in [1.82, 2.24) is 9.97 Å². The van der Waals surface area contributed by atoms with Gasteiger partial charge in [0.25, 0.3) is 0 Å². The minimum Gasteiger partial charge on any atom is -0.238 e. The van der Waals surface area contributed by atoms with E-state index in [2.05, 4.69) is 16.9 Å². The molecule has 1 unspecified atom stereocenters. The number of nitrogens with zero attached hydrogens (tertiary/aromatic N) is 2. The second kappa shape index (κ2) is 5.30. The van der Waals surface area contributed by atoms with Crippen LogP contribution >= 0.6 is 11.6 Å². The zero-order chi connectivity index (χ0) is 10.6. The zero-order valence-electron chi connectivity index (χ0n) is 9.05. The summed E-state index contributed by atoms with van der Waals surface area (Å²) in [4.78, 5) is 8.72. The normalized spacial score (nSPS) is 12.9. The number of alkyl halides is 1. The van der Waals surface area contributed by atoms with Crippen molar-refractivity contribution in [3.8, 4) is 0 Å². The number of rotatable bonds is 4. The van der Waals surface area contributed by atoms with E-state index in [4.69, 9.17) is 11.6 Å². The Balaban J connectivity index is 2.66. The first-order valence-corrected chi connectivity index (χ1v) is 5.50. The van der Waals surface area contributed by atoms with Crippen molar-refractivity contribution in [1.29, 1.82) is 0 Å². The third-order valence-electron chi connectivity index (χ3n) is 2.03. The first-order chi connectivity index (χ1) is 6.61. The van der Waals surface area contributed by atoms with Crippen LogP contribution in [-0.4, -0.2) is 15.3 Å². The number of hydrogen-bond donors (Lipinski definition) is 0. The van der Waals surface area contributed by atoms with Gasteiger partial charge in [0.2, 0.25) is 0 Å². The Morgan fingerprint density at radius 2 is 1.86 bits per heavy atom. The van der Waals surface area contributed by atoms with Gasteiger partial charge in [-0.25, -0.2) is 9.97 Å².